The SMILES string of the molecule is CC(C)CCNC(=O)C(=O)NCCN1CCOCC1. The van der Waals surface area contributed by atoms with Crippen LogP contribution in [0.1, 0.15) is 20.3 Å². The Kier molecular flexibility index (Phi) is 7.43. The molecule has 0 aromatic carbocycles. The molecule has 0 unspecified atom stereocenters. The van der Waals surface area contributed by atoms with Crippen molar-refractivity contribution in [2.75, 3.05) is 45.9 Å². The minimum atomic E-state index is -0.544. The van der Waals surface area contributed by atoms with Crippen molar-refractivity contribution in [1.29, 1.82) is 0 Å². The predicted molar refractivity (Wildman–Crippen MR) is 72.7 cm³/mol. The van der Waals surface area contributed by atoms with Crippen LogP contribution in [-0.4, -0.2) is 62.7 Å². The van der Waals surface area contributed by atoms with Crippen LogP contribution < -0.4 is 10.6 Å². The van der Waals surface area contributed by atoms with Gasteiger partial charge < -0.3 is 15.4 Å². The number of morpholine rings is 1. The second-order valence-electron chi connectivity index (χ2n) is 5.15. The van der Waals surface area contributed by atoms with Gasteiger partial charge in [-0.3, -0.25) is 14.5 Å². The Bertz CT molecular complexity index is 289. The summed E-state index contributed by atoms with van der Waals surface area (Å²) < 4.78 is 5.24. The van der Waals surface area contributed by atoms with Crippen LogP contribution in [0, 0.1) is 5.92 Å². The molecule has 6 nitrogen and oxygen atoms in total. The van der Waals surface area contributed by atoms with Crippen LogP contribution in [-0.2, 0) is 14.3 Å². The molecule has 0 saturated carbocycles. The van der Waals surface area contributed by atoms with Crippen LogP contribution >= 0.6 is 0 Å². The maximum Gasteiger partial charge on any atom is 0.309 e. The van der Waals surface area contributed by atoms with Crippen molar-refractivity contribution in [3.8, 4) is 0 Å². The molecule has 0 aliphatic carbocycles. The Morgan fingerprint density at radius 2 is 1.68 bits per heavy atom. The van der Waals surface area contributed by atoms with E-state index < -0.39 is 11.8 Å². The number of nitrogens with one attached hydrogen (secondary N) is 2. The molecule has 1 heterocycles. The van der Waals surface area contributed by atoms with Gasteiger partial charge in [-0.05, 0) is 12.3 Å². The first-order valence-electron chi connectivity index (χ1n) is 6.95. The largest absolute Gasteiger partial charge is 0.379 e. The third-order valence-electron chi connectivity index (χ3n) is 3.03. The summed E-state index contributed by atoms with van der Waals surface area (Å²) in [6.07, 6.45) is 0.882. The lowest BCUT2D eigenvalue weighted by Gasteiger charge is -2.26. The number of amides is 2. The molecule has 1 fully saturated rings. The zero-order valence-electron chi connectivity index (χ0n) is 11.9. The average molecular weight is 271 g/mol. The summed E-state index contributed by atoms with van der Waals surface area (Å²) >= 11 is 0. The lowest BCUT2D eigenvalue weighted by Crippen LogP contribution is -2.45. The van der Waals surface area contributed by atoms with E-state index in [0.29, 0.717) is 19.0 Å². The van der Waals surface area contributed by atoms with E-state index in [2.05, 4.69) is 29.4 Å². The van der Waals surface area contributed by atoms with Gasteiger partial charge in [-0.1, -0.05) is 13.8 Å². The highest BCUT2D eigenvalue weighted by molar-refractivity contribution is 6.35. The summed E-state index contributed by atoms with van der Waals surface area (Å²) in [6, 6.07) is 0. The number of nitrogens with zero attached hydrogens (tertiary/aromatic N) is 1. The molecule has 1 aliphatic rings. The van der Waals surface area contributed by atoms with Crippen LogP contribution in [0.3, 0.4) is 0 Å². The first kappa shape index (κ1) is 15.9. The Morgan fingerprint density at radius 1 is 1.11 bits per heavy atom. The van der Waals surface area contributed by atoms with E-state index in [9.17, 15) is 9.59 Å². The van der Waals surface area contributed by atoms with E-state index in [-0.39, 0.29) is 0 Å². The lowest BCUT2D eigenvalue weighted by molar-refractivity contribution is -0.139. The van der Waals surface area contributed by atoms with E-state index in [4.69, 9.17) is 4.74 Å². The van der Waals surface area contributed by atoms with E-state index in [0.717, 1.165) is 39.3 Å². The van der Waals surface area contributed by atoms with E-state index in [1.165, 1.54) is 0 Å². The monoisotopic (exact) mass is 271 g/mol. The van der Waals surface area contributed by atoms with Gasteiger partial charge in [0.15, 0.2) is 0 Å². The van der Waals surface area contributed by atoms with Gasteiger partial charge in [-0.2, -0.15) is 0 Å². The molecule has 6 heteroatoms. The van der Waals surface area contributed by atoms with Crippen molar-refractivity contribution >= 4 is 11.8 Å². The molecule has 2 N–H and O–H groups in total. The van der Waals surface area contributed by atoms with Crippen molar-refractivity contribution in [3.63, 3.8) is 0 Å². The van der Waals surface area contributed by atoms with Crippen molar-refractivity contribution in [2.24, 2.45) is 5.92 Å². The van der Waals surface area contributed by atoms with Gasteiger partial charge in [-0.25, -0.2) is 0 Å². The molecule has 2 amide bonds. The summed E-state index contributed by atoms with van der Waals surface area (Å²) in [5, 5.41) is 5.25. The van der Waals surface area contributed by atoms with Gasteiger partial charge in [0.2, 0.25) is 0 Å². The Balaban J connectivity index is 2.07. The van der Waals surface area contributed by atoms with Gasteiger partial charge in [0.1, 0.15) is 0 Å². The Hall–Kier alpha value is -1.14. The molecule has 1 saturated heterocycles. The second-order valence-corrected chi connectivity index (χ2v) is 5.15. The minimum absolute atomic E-state index is 0.496. The fourth-order valence-corrected chi connectivity index (χ4v) is 1.79. The standard InChI is InChI=1S/C13H25N3O3/c1-11(2)3-4-14-12(17)13(18)15-5-6-16-7-9-19-10-8-16/h11H,3-10H2,1-2H3,(H,14,17)(H,15,18). The second kappa shape index (κ2) is 8.87. The molecule has 110 valence electrons. The van der Waals surface area contributed by atoms with Crippen LogP contribution in [0.25, 0.3) is 0 Å². The quantitative estimate of drug-likeness (QED) is 0.645. The van der Waals surface area contributed by atoms with Gasteiger partial charge in [0, 0.05) is 32.7 Å². The summed E-state index contributed by atoms with van der Waals surface area (Å²) in [5.74, 6) is -0.565. The number of hydrogen-bond donors (Lipinski definition) is 2. The molecule has 0 aromatic rings. The van der Waals surface area contributed by atoms with Gasteiger partial charge >= 0.3 is 11.8 Å². The molecule has 1 aliphatic heterocycles. The third kappa shape index (κ3) is 7.12. The number of carbonyl (C=O) groups excluding carboxylic acids is 2. The highest BCUT2D eigenvalue weighted by atomic mass is 16.5. The fourth-order valence-electron chi connectivity index (χ4n) is 1.79. The molecule has 19 heavy (non-hydrogen) atoms. The van der Waals surface area contributed by atoms with Crippen LogP contribution in [0.4, 0.5) is 0 Å². The average Bonchev–Trinajstić information content (AvgIpc) is 2.39. The summed E-state index contributed by atoms with van der Waals surface area (Å²) in [6.45, 7) is 9.21. The van der Waals surface area contributed by atoms with E-state index in [1.54, 1.807) is 0 Å². The molecule has 0 aromatic heterocycles. The first-order valence-corrected chi connectivity index (χ1v) is 6.95. The van der Waals surface area contributed by atoms with Crippen LogP contribution in [0.15, 0.2) is 0 Å². The molecular formula is C13H25N3O3. The topological polar surface area (TPSA) is 70.7 Å². The summed E-state index contributed by atoms with van der Waals surface area (Å²) in [4.78, 5) is 25.2. The number of carbonyl (C=O) groups is 2. The minimum Gasteiger partial charge on any atom is -0.379 e. The smallest absolute Gasteiger partial charge is 0.309 e. The molecule has 0 radical (unpaired) electrons. The number of rotatable bonds is 6. The molecule has 0 atom stereocenters. The Labute approximate surface area is 114 Å². The molecule has 1 rings (SSSR count). The predicted octanol–water partition coefficient (Wildman–Crippen LogP) is -0.403. The van der Waals surface area contributed by atoms with Crippen molar-refractivity contribution in [1.82, 2.24) is 15.5 Å². The van der Waals surface area contributed by atoms with Crippen molar-refractivity contribution in [2.45, 2.75) is 20.3 Å². The number of ether oxygens (including phenoxy) is 1. The maximum atomic E-state index is 11.5. The third-order valence-corrected chi connectivity index (χ3v) is 3.03. The Morgan fingerprint density at radius 3 is 2.26 bits per heavy atom. The fraction of sp³-hybridized carbons (Fsp3) is 0.846. The van der Waals surface area contributed by atoms with Crippen molar-refractivity contribution in [3.05, 3.63) is 0 Å². The van der Waals surface area contributed by atoms with Crippen LogP contribution in [0.5, 0.6) is 0 Å². The maximum absolute atomic E-state index is 11.5. The van der Waals surface area contributed by atoms with Gasteiger partial charge in [0.05, 0.1) is 13.2 Å². The lowest BCUT2D eigenvalue weighted by atomic mass is 10.1. The first-order chi connectivity index (χ1) is 9.09. The van der Waals surface area contributed by atoms with E-state index in [1.807, 2.05) is 0 Å². The van der Waals surface area contributed by atoms with Crippen LogP contribution in [0.2, 0.25) is 0 Å². The zero-order valence-corrected chi connectivity index (χ0v) is 11.9. The normalized spacial score (nSPS) is 16.4. The van der Waals surface area contributed by atoms with E-state index >= 15 is 0 Å². The van der Waals surface area contributed by atoms with Gasteiger partial charge in [0.25, 0.3) is 0 Å². The molecule has 0 spiro atoms. The van der Waals surface area contributed by atoms with Gasteiger partial charge in [-0.15, -0.1) is 0 Å². The number of hydrogen-bond acceptors (Lipinski definition) is 4. The highest BCUT2D eigenvalue weighted by Gasteiger charge is 2.14. The highest BCUT2D eigenvalue weighted by Crippen LogP contribution is 1.96. The molecular weight excluding hydrogens is 246 g/mol. The van der Waals surface area contributed by atoms with Crippen molar-refractivity contribution < 1.29 is 14.3 Å². The summed E-state index contributed by atoms with van der Waals surface area (Å²) in [5.41, 5.74) is 0. The molecule has 0 bridgehead atoms. The zero-order chi connectivity index (χ0) is 14.1. The summed E-state index contributed by atoms with van der Waals surface area (Å²) in [7, 11) is 0.